The summed E-state index contributed by atoms with van der Waals surface area (Å²) >= 11 is 6.08. The highest BCUT2D eigenvalue weighted by Gasteiger charge is 2.30. The zero-order chi connectivity index (χ0) is 22.5. The molecule has 2 aromatic carbocycles. The zero-order valence-electron chi connectivity index (χ0n) is 17.7. The number of hydrogen-bond acceptors (Lipinski definition) is 5. The molecular formula is C25H23ClN2O4. The topological polar surface area (TPSA) is 60.8 Å². The summed E-state index contributed by atoms with van der Waals surface area (Å²) in [6.45, 7) is 2.27. The Hall–Kier alpha value is -3.35. The van der Waals surface area contributed by atoms with E-state index in [4.69, 9.17) is 21.1 Å². The lowest BCUT2D eigenvalue weighted by Crippen LogP contribution is -2.37. The molecule has 1 aliphatic rings. The van der Waals surface area contributed by atoms with E-state index in [9.17, 15) is 9.59 Å². The van der Waals surface area contributed by atoms with Crippen LogP contribution in [0.5, 0.6) is 0 Å². The summed E-state index contributed by atoms with van der Waals surface area (Å²) < 4.78 is 11.9. The van der Waals surface area contributed by atoms with Gasteiger partial charge in [-0.2, -0.15) is 0 Å². The molecule has 1 aromatic heterocycles. The summed E-state index contributed by atoms with van der Waals surface area (Å²) in [6, 6.07) is 16.8. The minimum absolute atomic E-state index is 0.196. The molecule has 0 bridgehead atoms. The largest absolute Gasteiger partial charge is 0.464 e. The van der Waals surface area contributed by atoms with Gasteiger partial charge in [-0.05, 0) is 29.3 Å². The fourth-order valence-electron chi connectivity index (χ4n) is 3.72. The Morgan fingerprint density at radius 3 is 2.38 bits per heavy atom. The van der Waals surface area contributed by atoms with E-state index in [-0.39, 0.29) is 11.6 Å². The smallest absolute Gasteiger partial charge is 0.357 e. The highest BCUT2D eigenvalue weighted by Crippen LogP contribution is 2.37. The van der Waals surface area contributed by atoms with Crippen molar-refractivity contribution in [2.75, 3.05) is 38.3 Å². The van der Waals surface area contributed by atoms with Gasteiger partial charge in [-0.1, -0.05) is 54.1 Å². The van der Waals surface area contributed by atoms with Crippen LogP contribution in [0.4, 0.5) is 5.69 Å². The van der Waals surface area contributed by atoms with Gasteiger partial charge in [-0.3, -0.25) is 9.36 Å². The molecule has 3 aromatic rings. The SMILES string of the molecule is COC(=O)c1c(N2CCOCC2)c(-c2ccc(Cl)cc2)cn1C(=O)/C=C/c1ccccc1. The number of nitrogens with zero attached hydrogens (tertiary/aromatic N) is 2. The lowest BCUT2D eigenvalue weighted by molar-refractivity contribution is 0.0583. The second kappa shape index (κ2) is 9.85. The van der Waals surface area contributed by atoms with Crippen molar-refractivity contribution in [2.24, 2.45) is 0 Å². The first-order valence-electron chi connectivity index (χ1n) is 10.3. The fourth-order valence-corrected chi connectivity index (χ4v) is 3.85. The van der Waals surface area contributed by atoms with Crippen LogP contribution in [-0.2, 0) is 9.47 Å². The third-order valence-electron chi connectivity index (χ3n) is 5.30. The first-order valence-corrected chi connectivity index (χ1v) is 10.7. The molecular weight excluding hydrogens is 428 g/mol. The number of benzene rings is 2. The van der Waals surface area contributed by atoms with Gasteiger partial charge in [0.1, 0.15) is 0 Å². The fraction of sp³-hybridized carbons (Fsp3) is 0.200. The molecule has 0 aliphatic carbocycles. The number of carbonyl (C=O) groups is 2. The Bertz CT molecular complexity index is 1130. The van der Waals surface area contributed by atoms with E-state index in [0.717, 1.165) is 16.7 Å². The van der Waals surface area contributed by atoms with Crippen molar-refractivity contribution in [1.82, 2.24) is 4.57 Å². The zero-order valence-corrected chi connectivity index (χ0v) is 18.4. The summed E-state index contributed by atoms with van der Waals surface area (Å²) in [4.78, 5) is 28.1. The summed E-state index contributed by atoms with van der Waals surface area (Å²) in [6.07, 6.45) is 4.87. The molecule has 1 fully saturated rings. The van der Waals surface area contributed by atoms with Gasteiger partial charge < -0.3 is 14.4 Å². The number of methoxy groups -OCH3 is 1. The van der Waals surface area contributed by atoms with E-state index >= 15 is 0 Å². The van der Waals surface area contributed by atoms with Crippen molar-refractivity contribution in [3.8, 4) is 11.1 Å². The Kier molecular flexibility index (Phi) is 6.73. The minimum atomic E-state index is -0.576. The van der Waals surface area contributed by atoms with Crippen LogP contribution in [0.25, 0.3) is 17.2 Å². The number of rotatable bonds is 5. The van der Waals surface area contributed by atoms with Crippen LogP contribution in [0.15, 0.2) is 66.9 Å². The number of allylic oxidation sites excluding steroid dienone is 1. The number of halogens is 1. The maximum absolute atomic E-state index is 13.2. The molecule has 0 amide bonds. The van der Waals surface area contributed by atoms with Gasteiger partial charge >= 0.3 is 5.97 Å². The number of ether oxygens (including phenoxy) is 2. The molecule has 2 heterocycles. The van der Waals surface area contributed by atoms with Crippen LogP contribution in [0, 0.1) is 0 Å². The Morgan fingerprint density at radius 1 is 1.03 bits per heavy atom. The lowest BCUT2D eigenvalue weighted by Gasteiger charge is -2.30. The molecule has 0 radical (unpaired) electrons. The average molecular weight is 451 g/mol. The van der Waals surface area contributed by atoms with Crippen molar-refractivity contribution in [3.63, 3.8) is 0 Å². The Balaban J connectivity index is 1.85. The van der Waals surface area contributed by atoms with Crippen LogP contribution in [0.2, 0.25) is 5.02 Å². The molecule has 7 heteroatoms. The van der Waals surface area contributed by atoms with Gasteiger partial charge in [0.25, 0.3) is 5.91 Å². The molecule has 4 rings (SSSR count). The standard InChI is InChI=1S/C25H23ClN2O4/c1-31-25(30)24-23(27-13-15-32-16-14-27)21(19-8-10-20(26)11-9-19)17-28(24)22(29)12-7-18-5-3-2-4-6-18/h2-12,17H,13-16H2,1H3/b12-7+. The molecule has 0 spiro atoms. The number of carbonyl (C=O) groups excluding carboxylic acids is 2. The third-order valence-corrected chi connectivity index (χ3v) is 5.55. The summed E-state index contributed by atoms with van der Waals surface area (Å²) in [7, 11) is 1.31. The number of morpholine rings is 1. The van der Waals surface area contributed by atoms with Crippen molar-refractivity contribution >= 4 is 35.2 Å². The Morgan fingerprint density at radius 2 is 1.72 bits per heavy atom. The predicted octanol–water partition coefficient (Wildman–Crippen LogP) is 4.79. The molecule has 0 saturated carbocycles. The molecule has 1 saturated heterocycles. The molecule has 0 N–H and O–H groups in total. The Labute approximate surface area is 191 Å². The monoisotopic (exact) mass is 450 g/mol. The number of anilines is 1. The number of esters is 1. The molecule has 0 unspecified atom stereocenters. The van der Waals surface area contributed by atoms with Crippen LogP contribution >= 0.6 is 11.6 Å². The second-order valence-corrected chi connectivity index (χ2v) is 7.73. The first kappa shape index (κ1) is 21.9. The number of aromatic nitrogens is 1. The van der Waals surface area contributed by atoms with E-state index in [2.05, 4.69) is 4.90 Å². The van der Waals surface area contributed by atoms with Crippen molar-refractivity contribution < 1.29 is 19.1 Å². The lowest BCUT2D eigenvalue weighted by atomic mass is 10.1. The maximum atomic E-state index is 13.2. The summed E-state index contributed by atoms with van der Waals surface area (Å²) in [5.41, 5.74) is 3.34. The van der Waals surface area contributed by atoms with Gasteiger partial charge in [0.2, 0.25) is 0 Å². The van der Waals surface area contributed by atoms with Gasteiger partial charge in [-0.15, -0.1) is 0 Å². The van der Waals surface area contributed by atoms with Crippen molar-refractivity contribution in [3.05, 3.63) is 83.2 Å². The molecule has 164 valence electrons. The summed E-state index contributed by atoms with van der Waals surface area (Å²) in [5, 5.41) is 0.608. The van der Waals surface area contributed by atoms with E-state index in [0.29, 0.717) is 37.0 Å². The predicted molar refractivity (Wildman–Crippen MR) is 125 cm³/mol. The summed E-state index contributed by atoms with van der Waals surface area (Å²) in [5.74, 6) is -0.919. The van der Waals surface area contributed by atoms with E-state index in [1.165, 1.54) is 17.8 Å². The van der Waals surface area contributed by atoms with Crippen LogP contribution in [0.1, 0.15) is 20.8 Å². The van der Waals surface area contributed by atoms with Gasteiger partial charge in [0.05, 0.1) is 26.0 Å². The van der Waals surface area contributed by atoms with E-state index in [1.807, 2.05) is 42.5 Å². The third kappa shape index (κ3) is 4.61. The van der Waals surface area contributed by atoms with Crippen LogP contribution < -0.4 is 4.90 Å². The first-order chi connectivity index (χ1) is 15.6. The van der Waals surface area contributed by atoms with Gasteiger partial charge in [0.15, 0.2) is 5.69 Å². The van der Waals surface area contributed by atoms with E-state index < -0.39 is 5.97 Å². The highest BCUT2D eigenvalue weighted by molar-refractivity contribution is 6.30. The van der Waals surface area contributed by atoms with Gasteiger partial charge in [0, 0.05) is 35.9 Å². The van der Waals surface area contributed by atoms with E-state index in [1.54, 1.807) is 24.4 Å². The maximum Gasteiger partial charge on any atom is 0.357 e. The van der Waals surface area contributed by atoms with Crippen LogP contribution in [-0.4, -0.2) is 49.9 Å². The van der Waals surface area contributed by atoms with Crippen molar-refractivity contribution in [1.29, 1.82) is 0 Å². The molecule has 32 heavy (non-hydrogen) atoms. The average Bonchev–Trinajstić information content (AvgIpc) is 3.24. The normalized spacial score (nSPS) is 14.0. The van der Waals surface area contributed by atoms with Crippen LogP contribution in [0.3, 0.4) is 0 Å². The second-order valence-electron chi connectivity index (χ2n) is 7.29. The minimum Gasteiger partial charge on any atom is -0.464 e. The quantitative estimate of drug-likeness (QED) is 0.413. The van der Waals surface area contributed by atoms with Crippen molar-refractivity contribution in [2.45, 2.75) is 0 Å². The molecule has 6 nitrogen and oxygen atoms in total. The molecule has 0 atom stereocenters. The van der Waals surface area contributed by atoms with Gasteiger partial charge in [-0.25, -0.2) is 4.79 Å². The number of hydrogen-bond donors (Lipinski definition) is 0. The highest BCUT2D eigenvalue weighted by atomic mass is 35.5. The molecule has 1 aliphatic heterocycles.